The van der Waals surface area contributed by atoms with E-state index in [-0.39, 0.29) is 25.2 Å². The van der Waals surface area contributed by atoms with E-state index in [4.69, 9.17) is 14.6 Å². The molecule has 0 aromatic carbocycles. The van der Waals surface area contributed by atoms with E-state index < -0.39 is 12.2 Å². The average molecular weight is 403 g/mol. The summed E-state index contributed by atoms with van der Waals surface area (Å²) in [6.07, 6.45) is 11.7. The van der Waals surface area contributed by atoms with Gasteiger partial charge in [-0.05, 0) is 26.2 Å². The van der Waals surface area contributed by atoms with Gasteiger partial charge < -0.3 is 19.7 Å². The van der Waals surface area contributed by atoms with Crippen molar-refractivity contribution in [3.63, 3.8) is 0 Å². The van der Waals surface area contributed by atoms with Crippen molar-refractivity contribution in [1.29, 1.82) is 0 Å². The van der Waals surface area contributed by atoms with E-state index in [1.807, 2.05) is 0 Å². The minimum atomic E-state index is -0.596. The highest BCUT2D eigenvalue weighted by Gasteiger charge is 2.12. The first-order chi connectivity index (χ1) is 13.5. The molecule has 6 nitrogen and oxygen atoms in total. The third-order valence-corrected chi connectivity index (χ3v) is 4.68. The molecule has 0 aromatic rings. The minimum Gasteiger partial charge on any atom is -0.462 e. The largest absolute Gasteiger partial charge is 0.462 e. The second kappa shape index (κ2) is 19.2. The molecule has 0 aliphatic heterocycles. The van der Waals surface area contributed by atoms with Gasteiger partial charge in [0.25, 0.3) is 0 Å². The Morgan fingerprint density at radius 2 is 1.36 bits per heavy atom. The average Bonchev–Trinajstić information content (AvgIpc) is 2.67. The van der Waals surface area contributed by atoms with Crippen LogP contribution in [-0.2, 0) is 19.1 Å². The SMILES string of the molecule is CCCCCCCC(=O)OCC(C)OC(=O)CCCCCCCCC(O)CO. The predicted molar refractivity (Wildman–Crippen MR) is 110 cm³/mol. The number of hydrogen-bond acceptors (Lipinski definition) is 6. The third-order valence-electron chi connectivity index (χ3n) is 4.68. The molecule has 0 spiro atoms. The van der Waals surface area contributed by atoms with Crippen molar-refractivity contribution in [2.24, 2.45) is 0 Å². The fourth-order valence-corrected chi connectivity index (χ4v) is 2.92. The van der Waals surface area contributed by atoms with E-state index in [2.05, 4.69) is 6.92 Å². The number of unbranched alkanes of at least 4 members (excludes halogenated alkanes) is 9. The molecule has 0 saturated heterocycles. The van der Waals surface area contributed by atoms with Gasteiger partial charge in [0.1, 0.15) is 12.7 Å². The van der Waals surface area contributed by atoms with Crippen LogP contribution < -0.4 is 0 Å². The van der Waals surface area contributed by atoms with Crippen molar-refractivity contribution in [3.05, 3.63) is 0 Å². The number of carbonyl (C=O) groups excluding carboxylic acids is 2. The van der Waals surface area contributed by atoms with Crippen LogP contribution in [-0.4, -0.2) is 47.6 Å². The van der Waals surface area contributed by atoms with Gasteiger partial charge in [-0.25, -0.2) is 0 Å². The van der Waals surface area contributed by atoms with Crippen LogP contribution in [0.5, 0.6) is 0 Å². The number of ether oxygens (including phenoxy) is 2. The molecule has 6 heteroatoms. The van der Waals surface area contributed by atoms with Gasteiger partial charge in [0.05, 0.1) is 12.7 Å². The van der Waals surface area contributed by atoms with Crippen LogP contribution in [0.1, 0.15) is 104 Å². The molecule has 28 heavy (non-hydrogen) atoms. The smallest absolute Gasteiger partial charge is 0.306 e. The van der Waals surface area contributed by atoms with Gasteiger partial charge in [-0.3, -0.25) is 9.59 Å². The van der Waals surface area contributed by atoms with Crippen LogP contribution in [0.25, 0.3) is 0 Å². The minimum absolute atomic E-state index is 0.124. The monoisotopic (exact) mass is 402 g/mol. The maximum Gasteiger partial charge on any atom is 0.306 e. The molecule has 0 rings (SSSR count). The van der Waals surface area contributed by atoms with Crippen LogP contribution in [0.3, 0.4) is 0 Å². The Kier molecular flexibility index (Phi) is 18.4. The molecule has 0 fully saturated rings. The Balaban J connectivity index is 3.51. The molecule has 166 valence electrons. The zero-order valence-corrected chi connectivity index (χ0v) is 18.0. The Hall–Kier alpha value is -1.14. The van der Waals surface area contributed by atoms with Crippen molar-refractivity contribution >= 4 is 11.9 Å². The maximum atomic E-state index is 11.8. The van der Waals surface area contributed by atoms with E-state index >= 15 is 0 Å². The molecule has 0 saturated carbocycles. The lowest BCUT2D eigenvalue weighted by atomic mass is 10.1. The number of aliphatic hydroxyl groups excluding tert-OH is 2. The topological polar surface area (TPSA) is 93.1 Å². The van der Waals surface area contributed by atoms with E-state index in [0.717, 1.165) is 57.8 Å². The van der Waals surface area contributed by atoms with E-state index in [9.17, 15) is 14.7 Å². The van der Waals surface area contributed by atoms with Crippen LogP contribution in [0.15, 0.2) is 0 Å². The lowest BCUT2D eigenvalue weighted by molar-refractivity contribution is -0.158. The normalized spacial score (nSPS) is 13.1. The summed E-state index contributed by atoms with van der Waals surface area (Å²) in [7, 11) is 0. The van der Waals surface area contributed by atoms with Crippen molar-refractivity contribution < 1.29 is 29.3 Å². The molecule has 0 aromatic heterocycles. The second-order valence-electron chi connectivity index (χ2n) is 7.64. The number of aliphatic hydroxyl groups is 2. The Morgan fingerprint density at radius 1 is 0.821 bits per heavy atom. The zero-order valence-electron chi connectivity index (χ0n) is 18.0. The Labute approximate surface area is 171 Å². The lowest BCUT2D eigenvalue weighted by Crippen LogP contribution is -2.22. The van der Waals surface area contributed by atoms with Crippen LogP contribution in [0, 0.1) is 0 Å². The van der Waals surface area contributed by atoms with E-state index in [1.165, 1.54) is 12.8 Å². The standard InChI is InChI=1S/C22H42O6/c1-3-4-5-8-12-15-21(25)27-18-19(2)28-22(26)16-13-10-7-6-9-11-14-20(24)17-23/h19-20,23-24H,3-18H2,1-2H3. The van der Waals surface area contributed by atoms with Crippen molar-refractivity contribution in [2.75, 3.05) is 13.2 Å². The van der Waals surface area contributed by atoms with Crippen LogP contribution in [0.4, 0.5) is 0 Å². The van der Waals surface area contributed by atoms with Crippen LogP contribution >= 0.6 is 0 Å². The number of esters is 2. The van der Waals surface area contributed by atoms with Gasteiger partial charge in [0.2, 0.25) is 0 Å². The van der Waals surface area contributed by atoms with Crippen LogP contribution in [0.2, 0.25) is 0 Å². The summed E-state index contributed by atoms with van der Waals surface area (Å²) < 4.78 is 10.4. The highest BCUT2D eigenvalue weighted by atomic mass is 16.6. The van der Waals surface area contributed by atoms with Crippen molar-refractivity contribution in [3.8, 4) is 0 Å². The second-order valence-corrected chi connectivity index (χ2v) is 7.64. The molecule has 0 amide bonds. The molecule has 0 aliphatic rings. The van der Waals surface area contributed by atoms with Gasteiger partial charge in [-0.1, -0.05) is 64.7 Å². The highest BCUT2D eigenvalue weighted by Crippen LogP contribution is 2.11. The number of carbonyl (C=O) groups is 2. The Morgan fingerprint density at radius 3 is 1.96 bits per heavy atom. The Bertz CT molecular complexity index is 385. The summed E-state index contributed by atoms with van der Waals surface area (Å²) in [4.78, 5) is 23.5. The first-order valence-corrected chi connectivity index (χ1v) is 11.1. The van der Waals surface area contributed by atoms with E-state index in [0.29, 0.717) is 19.3 Å². The van der Waals surface area contributed by atoms with Crippen molar-refractivity contribution in [2.45, 2.75) is 116 Å². The summed E-state index contributed by atoms with van der Waals surface area (Å²) >= 11 is 0. The van der Waals surface area contributed by atoms with Gasteiger partial charge in [0, 0.05) is 12.8 Å². The molecule has 0 heterocycles. The fourth-order valence-electron chi connectivity index (χ4n) is 2.92. The molecule has 0 radical (unpaired) electrons. The first-order valence-electron chi connectivity index (χ1n) is 11.1. The predicted octanol–water partition coefficient (Wildman–Crippen LogP) is 4.30. The molecule has 2 unspecified atom stereocenters. The van der Waals surface area contributed by atoms with Gasteiger partial charge in [-0.15, -0.1) is 0 Å². The summed E-state index contributed by atoms with van der Waals surface area (Å²) in [5.41, 5.74) is 0. The molecule has 0 aliphatic carbocycles. The zero-order chi connectivity index (χ0) is 21.0. The molecule has 2 atom stereocenters. The van der Waals surface area contributed by atoms with Crippen molar-refractivity contribution in [1.82, 2.24) is 0 Å². The summed E-state index contributed by atoms with van der Waals surface area (Å²) in [5, 5.41) is 18.0. The molecular weight excluding hydrogens is 360 g/mol. The lowest BCUT2D eigenvalue weighted by Gasteiger charge is -2.13. The highest BCUT2D eigenvalue weighted by molar-refractivity contribution is 5.70. The number of hydrogen-bond donors (Lipinski definition) is 2. The molecule has 0 bridgehead atoms. The summed E-state index contributed by atoms with van der Waals surface area (Å²) in [6, 6.07) is 0. The summed E-state index contributed by atoms with van der Waals surface area (Å²) in [6.45, 7) is 3.86. The quantitative estimate of drug-likeness (QED) is 0.247. The van der Waals surface area contributed by atoms with Gasteiger partial charge in [0.15, 0.2) is 0 Å². The number of rotatable bonds is 19. The first kappa shape index (κ1) is 26.9. The van der Waals surface area contributed by atoms with Gasteiger partial charge in [-0.2, -0.15) is 0 Å². The van der Waals surface area contributed by atoms with Gasteiger partial charge >= 0.3 is 11.9 Å². The third kappa shape index (κ3) is 18.2. The molecular formula is C22H42O6. The summed E-state index contributed by atoms with van der Waals surface area (Å²) in [5.74, 6) is -0.458. The fraction of sp³-hybridized carbons (Fsp3) is 0.909. The maximum absolute atomic E-state index is 11.8. The van der Waals surface area contributed by atoms with E-state index in [1.54, 1.807) is 6.92 Å². The molecule has 2 N–H and O–H groups in total.